The lowest BCUT2D eigenvalue weighted by Crippen LogP contribution is -2.11. The van der Waals surface area contributed by atoms with E-state index in [1.807, 2.05) is 0 Å². The van der Waals surface area contributed by atoms with Crippen LogP contribution in [0, 0.1) is 0 Å². The average Bonchev–Trinajstić information content (AvgIpc) is 2.37. The van der Waals surface area contributed by atoms with Crippen molar-refractivity contribution in [2.45, 2.75) is 18.7 Å². The molecule has 1 heterocycles. The predicted molar refractivity (Wildman–Crippen MR) is 61.0 cm³/mol. The summed E-state index contributed by atoms with van der Waals surface area (Å²) in [7, 11) is 2.51. The fourth-order valence-corrected chi connectivity index (χ4v) is 1.79. The molecule has 0 aliphatic carbocycles. The lowest BCUT2D eigenvalue weighted by molar-refractivity contribution is -0.139. The summed E-state index contributed by atoms with van der Waals surface area (Å²) in [5, 5.41) is 0. The molecule has 0 atom stereocenters. The highest BCUT2D eigenvalue weighted by Gasteiger charge is 2.23. The smallest absolute Gasteiger partial charge is 0.311 e. The van der Waals surface area contributed by atoms with Gasteiger partial charge < -0.3 is 9.47 Å². The van der Waals surface area contributed by atoms with Gasteiger partial charge in [-0.05, 0) is 0 Å². The van der Waals surface area contributed by atoms with Crippen molar-refractivity contribution < 1.29 is 23.0 Å². The fraction of sp³-hybridized carbons (Fsp3) is 0.455. The summed E-state index contributed by atoms with van der Waals surface area (Å²) in [4.78, 5) is 14.9. The Bertz CT molecular complexity index is 441. The summed E-state index contributed by atoms with van der Waals surface area (Å²) in [6, 6.07) is 0. The van der Waals surface area contributed by atoms with Crippen molar-refractivity contribution in [3.63, 3.8) is 0 Å². The molecule has 0 spiro atoms. The first kappa shape index (κ1) is 14.6. The average molecular weight is 280 g/mol. The van der Waals surface area contributed by atoms with Crippen LogP contribution in [-0.2, 0) is 21.8 Å². The highest BCUT2D eigenvalue weighted by molar-refractivity contribution is 6.17. The number of carbonyl (C=O) groups excluding carboxylic acids is 1. The van der Waals surface area contributed by atoms with Crippen molar-refractivity contribution in [2.75, 3.05) is 14.2 Å². The second-order valence-corrected chi connectivity index (χ2v) is 3.62. The fourth-order valence-electron chi connectivity index (χ4n) is 1.51. The van der Waals surface area contributed by atoms with Crippen LogP contribution in [0.15, 0.2) is 6.20 Å². The van der Waals surface area contributed by atoms with Gasteiger partial charge in [-0.25, -0.2) is 8.78 Å². The lowest BCUT2D eigenvalue weighted by atomic mass is 10.0. The van der Waals surface area contributed by atoms with Crippen LogP contribution in [0.5, 0.6) is 5.75 Å². The number of rotatable bonds is 5. The van der Waals surface area contributed by atoms with E-state index in [0.29, 0.717) is 0 Å². The van der Waals surface area contributed by atoms with Gasteiger partial charge in [-0.2, -0.15) is 0 Å². The van der Waals surface area contributed by atoms with Gasteiger partial charge in [0.15, 0.2) is 0 Å². The molecule has 0 aromatic carbocycles. The number of carbonyl (C=O) groups is 1. The number of methoxy groups -OCH3 is 2. The Morgan fingerprint density at radius 3 is 2.61 bits per heavy atom. The highest BCUT2D eigenvalue weighted by atomic mass is 35.5. The number of pyridine rings is 1. The van der Waals surface area contributed by atoms with Crippen molar-refractivity contribution in [2.24, 2.45) is 0 Å². The van der Waals surface area contributed by atoms with Crippen LogP contribution in [-0.4, -0.2) is 25.2 Å². The molecule has 1 aromatic rings. The highest BCUT2D eigenvalue weighted by Crippen LogP contribution is 2.33. The van der Waals surface area contributed by atoms with Crippen molar-refractivity contribution in [1.29, 1.82) is 0 Å². The van der Waals surface area contributed by atoms with Crippen LogP contribution in [0.2, 0.25) is 0 Å². The van der Waals surface area contributed by atoms with Gasteiger partial charge in [0.1, 0.15) is 5.75 Å². The minimum atomic E-state index is -2.79. The first-order valence-corrected chi connectivity index (χ1v) is 5.54. The van der Waals surface area contributed by atoms with Gasteiger partial charge in [-0.15, -0.1) is 11.6 Å². The molecule has 1 rings (SSSR count). The number of hydrogen-bond acceptors (Lipinski definition) is 4. The SMILES string of the molecule is COC(=O)Cc1ncc(OC)c(CCl)c1C(F)F. The zero-order chi connectivity index (χ0) is 13.7. The Balaban J connectivity index is 3.30. The molecule has 7 heteroatoms. The first-order chi connectivity index (χ1) is 8.54. The molecule has 0 amide bonds. The minimum Gasteiger partial charge on any atom is -0.495 e. The van der Waals surface area contributed by atoms with E-state index < -0.39 is 12.4 Å². The number of aromatic nitrogens is 1. The van der Waals surface area contributed by atoms with E-state index in [-0.39, 0.29) is 34.9 Å². The number of esters is 1. The number of hydrogen-bond donors (Lipinski definition) is 0. The third kappa shape index (κ3) is 3.07. The van der Waals surface area contributed by atoms with Gasteiger partial charge in [0.05, 0.1) is 38.4 Å². The third-order valence-corrected chi connectivity index (χ3v) is 2.65. The van der Waals surface area contributed by atoms with E-state index in [2.05, 4.69) is 9.72 Å². The molecule has 0 radical (unpaired) electrons. The van der Waals surface area contributed by atoms with Crippen LogP contribution >= 0.6 is 11.6 Å². The molecule has 0 unspecified atom stereocenters. The van der Waals surface area contributed by atoms with Crippen LogP contribution in [0.3, 0.4) is 0 Å². The summed E-state index contributed by atoms with van der Waals surface area (Å²) in [6.45, 7) is 0. The molecule has 0 N–H and O–H groups in total. The summed E-state index contributed by atoms with van der Waals surface area (Å²) in [6.07, 6.45) is -1.85. The van der Waals surface area contributed by atoms with Crippen LogP contribution in [0.4, 0.5) is 8.78 Å². The molecular formula is C11H12ClF2NO3. The largest absolute Gasteiger partial charge is 0.495 e. The zero-order valence-electron chi connectivity index (χ0n) is 9.87. The summed E-state index contributed by atoms with van der Waals surface area (Å²) in [5.74, 6) is -0.622. The molecule has 0 saturated carbocycles. The maximum absolute atomic E-state index is 13.0. The van der Waals surface area contributed by atoms with Gasteiger partial charge in [0, 0.05) is 11.1 Å². The predicted octanol–water partition coefficient (Wildman–Crippen LogP) is 2.48. The summed E-state index contributed by atoms with van der Waals surface area (Å²) < 4.78 is 35.4. The van der Waals surface area contributed by atoms with Crippen LogP contribution in [0.25, 0.3) is 0 Å². The Kier molecular flexibility index (Phi) is 5.27. The molecule has 1 aromatic heterocycles. The number of nitrogens with zero attached hydrogens (tertiary/aromatic N) is 1. The van der Waals surface area contributed by atoms with E-state index >= 15 is 0 Å². The Morgan fingerprint density at radius 1 is 1.50 bits per heavy atom. The molecule has 0 bridgehead atoms. The topological polar surface area (TPSA) is 48.4 Å². The summed E-state index contributed by atoms with van der Waals surface area (Å²) >= 11 is 5.65. The van der Waals surface area contributed by atoms with Gasteiger partial charge in [-0.1, -0.05) is 0 Å². The lowest BCUT2D eigenvalue weighted by Gasteiger charge is -2.14. The molecule has 100 valence electrons. The maximum Gasteiger partial charge on any atom is 0.311 e. The van der Waals surface area contributed by atoms with E-state index in [1.54, 1.807) is 0 Å². The van der Waals surface area contributed by atoms with Crippen molar-refractivity contribution in [3.8, 4) is 5.75 Å². The van der Waals surface area contributed by atoms with E-state index in [0.717, 1.165) is 0 Å². The molecule has 4 nitrogen and oxygen atoms in total. The third-order valence-electron chi connectivity index (χ3n) is 2.38. The minimum absolute atomic E-state index is 0.0479. The van der Waals surface area contributed by atoms with Crippen LogP contribution in [0.1, 0.15) is 23.2 Å². The maximum atomic E-state index is 13.0. The Morgan fingerprint density at radius 2 is 2.17 bits per heavy atom. The van der Waals surface area contributed by atoms with Gasteiger partial charge in [0.2, 0.25) is 0 Å². The summed E-state index contributed by atoms with van der Waals surface area (Å²) in [5.41, 5.74) is -0.272. The monoisotopic (exact) mass is 279 g/mol. The van der Waals surface area contributed by atoms with Gasteiger partial charge in [0.25, 0.3) is 6.43 Å². The molecule has 0 aliphatic rings. The first-order valence-electron chi connectivity index (χ1n) is 5.00. The van der Waals surface area contributed by atoms with Crippen molar-refractivity contribution >= 4 is 17.6 Å². The second kappa shape index (κ2) is 6.49. The number of ether oxygens (including phenoxy) is 2. The molecular weight excluding hydrogens is 268 g/mol. The van der Waals surface area contributed by atoms with Gasteiger partial charge >= 0.3 is 5.97 Å². The van der Waals surface area contributed by atoms with Crippen molar-refractivity contribution in [1.82, 2.24) is 4.98 Å². The van der Waals surface area contributed by atoms with Crippen LogP contribution < -0.4 is 4.74 Å². The quantitative estimate of drug-likeness (QED) is 0.614. The molecule has 0 aliphatic heterocycles. The van der Waals surface area contributed by atoms with Gasteiger partial charge in [-0.3, -0.25) is 9.78 Å². The zero-order valence-corrected chi connectivity index (χ0v) is 10.6. The Hall–Kier alpha value is -1.43. The second-order valence-electron chi connectivity index (χ2n) is 3.35. The Labute approximate surface area is 108 Å². The standard InChI is InChI=1S/C11H12ClF2NO3/c1-17-8-5-15-7(3-9(16)18-2)10(11(13)14)6(8)4-12/h5,11H,3-4H2,1-2H3. The molecule has 0 saturated heterocycles. The number of alkyl halides is 3. The normalized spacial score (nSPS) is 10.6. The van der Waals surface area contributed by atoms with Crippen molar-refractivity contribution in [3.05, 3.63) is 23.0 Å². The van der Waals surface area contributed by atoms with E-state index in [1.165, 1.54) is 20.4 Å². The number of halogens is 3. The molecule has 18 heavy (non-hydrogen) atoms. The van der Waals surface area contributed by atoms with E-state index in [9.17, 15) is 13.6 Å². The van der Waals surface area contributed by atoms with E-state index in [4.69, 9.17) is 16.3 Å². The molecule has 0 fully saturated rings.